The van der Waals surface area contributed by atoms with Crippen molar-refractivity contribution in [3.63, 3.8) is 0 Å². The molecule has 0 saturated carbocycles. The van der Waals surface area contributed by atoms with Gasteiger partial charge in [-0.25, -0.2) is 9.18 Å². The van der Waals surface area contributed by atoms with Crippen LogP contribution in [-0.4, -0.2) is 48.9 Å². The van der Waals surface area contributed by atoms with E-state index in [1.54, 1.807) is 24.0 Å². The number of ether oxygens (including phenoxy) is 1. The molecule has 0 radical (unpaired) electrons. The normalized spacial score (nSPS) is 15.3. The molecule has 0 atom stereocenters. The van der Waals surface area contributed by atoms with Crippen molar-refractivity contribution < 1.29 is 19.0 Å². The Morgan fingerprint density at radius 2 is 2.05 bits per heavy atom. The van der Waals surface area contributed by atoms with Crippen LogP contribution in [0.1, 0.15) is 12.5 Å². The van der Waals surface area contributed by atoms with E-state index in [1.807, 2.05) is 4.90 Å². The first-order chi connectivity index (χ1) is 9.67. The van der Waals surface area contributed by atoms with Gasteiger partial charge in [0, 0.05) is 37.4 Å². The van der Waals surface area contributed by atoms with Gasteiger partial charge in [-0.2, -0.15) is 0 Å². The molecular formula is C14H19FN2O3. The summed E-state index contributed by atoms with van der Waals surface area (Å²) in [5, 5.41) is 9.29. The Kier molecular flexibility index (Phi) is 4.79. The van der Waals surface area contributed by atoms with Gasteiger partial charge in [0.25, 0.3) is 0 Å². The van der Waals surface area contributed by atoms with Crippen LogP contribution in [-0.2, 0) is 11.3 Å². The molecule has 0 unspecified atom stereocenters. The number of hydrogen-bond acceptors (Lipinski definition) is 4. The van der Waals surface area contributed by atoms with Crippen molar-refractivity contribution >= 4 is 11.8 Å². The van der Waals surface area contributed by atoms with Crippen LogP contribution in [0.15, 0.2) is 18.2 Å². The van der Waals surface area contributed by atoms with Crippen LogP contribution in [0.4, 0.5) is 14.9 Å². The summed E-state index contributed by atoms with van der Waals surface area (Å²) in [5.74, 6) is -0.405. The third-order valence-electron chi connectivity index (χ3n) is 3.40. The largest absolute Gasteiger partial charge is 0.450 e. The molecule has 0 aliphatic carbocycles. The van der Waals surface area contributed by atoms with Crippen LogP contribution in [0.5, 0.6) is 0 Å². The molecular weight excluding hydrogens is 263 g/mol. The highest BCUT2D eigenvalue weighted by molar-refractivity contribution is 5.68. The molecule has 1 aliphatic rings. The number of carbonyl (C=O) groups is 1. The van der Waals surface area contributed by atoms with Crippen molar-refractivity contribution in [1.82, 2.24) is 4.90 Å². The van der Waals surface area contributed by atoms with Gasteiger partial charge in [-0.05, 0) is 19.1 Å². The zero-order valence-electron chi connectivity index (χ0n) is 11.5. The highest BCUT2D eigenvalue weighted by Crippen LogP contribution is 2.24. The van der Waals surface area contributed by atoms with Crippen molar-refractivity contribution in [1.29, 1.82) is 0 Å². The molecule has 1 aromatic carbocycles. The first kappa shape index (κ1) is 14.6. The zero-order valence-corrected chi connectivity index (χ0v) is 11.5. The fourth-order valence-electron chi connectivity index (χ4n) is 2.34. The van der Waals surface area contributed by atoms with Crippen LogP contribution < -0.4 is 4.90 Å². The highest BCUT2D eigenvalue weighted by atomic mass is 19.1. The maximum atomic E-state index is 13.6. The molecule has 0 bridgehead atoms. The third kappa shape index (κ3) is 3.01. The van der Waals surface area contributed by atoms with Crippen LogP contribution in [0.2, 0.25) is 0 Å². The summed E-state index contributed by atoms with van der Waals surface area (Å²) >= 11 is 0. The molecule has 1 N–H and O–H groups in total. The Balaban J connectivity index is 2.04. The predicted octanol–water partition coefficient (Wildman–Crippen LogP) is 1.60. The van der Waals surface area contributed by atoms with Gasteiger partial charge < -0.3 is 19.6 Å². The van der Waals surface area contributed by atoms with Crippen LogP contribution in [0, 0.1) is 5.82 Å². The summed E-state index contributed by atoms with van der Waals surface area (Å²) in [6.07, 6.45) is -0.311. The Labute approximate surface area is 117 Å². The van der Waals surface area contributed by atoms with Crippen LogP contribution in [0.25, 0.3) is 0 Å². The Bertz CT molecular complexity index is 473. The first-order valence-corrected chi connectivity index (χ1v) is 6.72. The summed E-state index contributed by atoms with van der Waals surface area (Å²) in [6, 6.07) is 4.75. The van der Waals surface area contributed by atoms with Crippen LogP contribution in [0.3, 0.4) is 0 Å². The number of nitrogens with zero attached hydrogens (tertiary/aromatic N) is 2. The molecule has 1 aromatic rings. The Hall–Kier alpha value is -1.82. The number of halogens is 1. The topological polar surface area (TPSA) is 53.0 Å². The molecule has 110 valence electrons. The Morgan fingerprint density at radius 1 is 1.35 bits per heavy atom. The van der Waals surface area contributed by atoms with E-state index in [4.69, 9.17) is 4.74 Å². The molecule has 0 aromatic heterocycles. The van der Waals surface area contributed by atoms with E-state index in [-0.39, 0.29) is 12.7 Å². The SMILES string of the molecule is CCOC(=O)N1CCN(c2cccc(F)c2CO)CC1. The average Bonchev–Trinajstić information content (AvgIpc) is 2.47. The third-order valence-corrected chi connectivity index (χ3v) is 3.40. The molecule has 1 saturated heterocycles. The monoisotopic (exact) mass is 282 g/mol. The van der Waals surface area contributed by atoms with Crippen LogP contribution >= 0.6 is 0 Å². The van der Waals surface area contributed by atoms with Gasteiger partial charge in [-0.15, -0.1) is 0 Å². The molecule has 1 aliphatic heterocycles. The molecule has 1 fully saturated rings. The highest BCUT2D eigenvalue weighted by Gasteiger charge is 2.23. The van der Waals surface area contributed by atoms with Gasteiger partial charge in [0.2, 0.25) is 0 Å². The predicted molar refractivity (Wildman–Crippen MR) is 73.1 cm³/mol. The minimum absolute atomic E-state index is 0.303. The van der Waals surface area contributed by atoms with Gasteiger partial charge in [-0.1, -0.05) is 6.07 Å². The molecule has 20 heavy (non-hydrogen) atoms. The molecule has 1 amide bonds. The minimum atomic E-state index is -0.405. The number of anilines is 1. The lowest BCUT2D eigenvalue weighted by Gasteiger charge is -2.36. The second-order valence-electron chi connectivity index (χ2n) is 4.57. The lowest BCUT2D eigenvalue weighted by atomic mass is 10.1. The van der Waals surface area contributed by atoms with Crippen molar-refractivity contribution in [3.8, 4) is 0 Å². The summed E-state index contributed by atoms with van der Waals surface area (Å²) in [7, 11) is 0. The average molecular weight is 282 g/mol. The minimum Gasteiger partial charge on any atom is -0.450 e. The Morgan fingerprint density at radius 3 is 2.65 bits per heavy atom. The van der Waals surface area contributed by atoms with E-state index in [9.17, 15) is 14.3 Å². The second-order valence-corrected chi connectivity index (χ2v) is 4.57. The van der Waals surface area contributed by atoms with E-state index < -0.39 is 5.82 Å². The van der Waals surface area contributed by atoms with E-state index in [2.05, 4.69) is 0 Å². The van der Waals surface area contributed by atoms with E-state index in [0.29, 0.717) is 44.0 Å². The summed E-state index contributed by atoms with van der Waals surface area (Å²) in [6.45, 7) is 4.04. The number of rotatable bonds is 3. The first-order valence-electron chi connectivity index (χ1n) is 6.72. The molecule has 0 spiro atoms. The maximum absolute atomic E-state index is 13.6. The van der Waals surface area contributed by atoms with Crippen molar-refractivity contribution in [2.75, 3.05) is 37.7 Å². The zero-order chi connectivity index (χ0) is 14.5. The van der Waals surface area contributed by atoms with E-state index in [0.717, 1.165) is 0 Å². The van der Waals surface area contributed by atoms with Gasteiger partial charge in [0.1, 0.15) is 5.82 Å². The number of benzene rings is 1. The van der Waals surface area contributed by atoms with Gasteiger partial charge in [-0.3, -0.25) is 0 Å². The number of carbonyl (C=O) groups excluding carboxylic acids is 1. The smallest absolute Gasteiger partial charge is 0.409 e. The molecule has 1 heterocycles. The quantitative estimate of drug-likeness (QED) is 0.915. The summed E-state index contributed by atoms with van der Waals surface area (Å²) in [4.78, 5) is 15.2. The van der Waals surface area contributed by atoms with Crippen molar-refractivity contribution in [3.05, 3.63) is 29.6 Å². The van der Waals surface area contributed by atoms with Crippen molar-refractivity contribution in [2.24, 2.45) is 0 Å². The number of piperazine rings is 1. The summed E-state index contributed by atoms with van der Waals surface area (Å²) < 4.78 is 18.6. The number of hydrogen-bond donors (Lipinski definition) is 1. The number of aliphatic hydroxyl groups is 1. The number of amides is 1. The fourth-order valence-corrected chi connectivity index (χ4v) is 2.34. The lowest BCUT2D eigenvalue weighted by Crippen LogP contribution is -2.49. The van der Waals surface area contributed by atoms with E-state index in [1.165, 1.54) is 6.07 Å². The standard InChI is InChI=1S/C14H19FN2O3/c1-2-20-14(19)17-8-6-16(7-9-17)13-5-3-4-12(15)11(13)10-18/h3-5,18H,2,6-10H2,1H3. The van der Waals surface area contributed by atoms with Crippen molar-refractivity contribution in [2.45, 2.75) is 13.5 Å². The van der Waals surface area contributed by atoms with Gasteiger partial charge in [0.15, 0.2) is 0 Å². The molecule has 2 rings (SSSR count). The second kappa shape index (κ2) is 6.56. The molecule has 5 nitrogen and oxygen atoms in total. The van der Waals surface area contributed by atoms with Gasteiger partial charge >= 0.3 is 6.09 Å². The summed E-state index contributed by atoms with van der Waals surface area (Å²) in [5.41, 5.74) is 0.994. The fraction of sp³-hybridized carbons (Fsp3) is 0.500. The number of aliphatic hydroxyl groups excluding tert-OH is 1. The van der Waals surface area contributed by atoms with Gasteiger partial charge in [0.05, 0.1) is 13.2 Å². The maximum Gasteiger partial charge on any atom is 0.409 e. The molecule has 6 heteroatoms. The lowest BCUT2D eigenvalue weighted by molar-refractivity contribution is 0.105. The van der Waals surface area contributed by atoms with E-state index >= 15 is 0 Å².